The van der Waals surface area contributed by atoms with E-state index in [1.807, 2.05) is 0 Å². The Morgan fingerprint density at radius 1 is 1.25 bits per heavy atom. The summed E-state index contributed by atoms with van der Waals surface area (Å²) in [6, 6.07) is 5.10. The number of benzene rings is 1. The van der Waals surface area contributed by atoms with Gasteiger partial charge in [-0.1, -0.05) is 36.9 Å². The first kappa shape index (κ1) is 15.6. The van der Waals surface area contributed by atoms with Crippen LogP contribution in [0.15, 0.2) is 18.2 Å². The van der Waals surface area contributed by atoms with Gasteiger partial charge in [-0.2, -0.15) is 0 Å². The molecule has 2 rings (SSSR count). The Labute approximate surface area is 125 Å². The minimum Gasteiger partial charge on any atom is -0.399 e. The van der Waals surface area contributed by atoms with Crippen molar-refractivity contribution >= 4 is 27.3 Å². The molecule has 1 aromatic rings. The second kappa shape index (κ2) is 6.78. The second-order valence-electron chi connectivity index (χ2n) is 5.46. The Balaban J connectivity index is 1.91. The van der Waals surface area contributed by atoms with E-state index in [2.05, 4.69) is 4.72 Å². The van der Waals surface area contributed by atoms with Crippen molar-refractivity contribution < 1.29 is 8.42 Å². The molecule has 1 fully saturated rings. The molecule has 0 spiro atoms. The molecule has 0 aliphatic heterocycles. The molecule has 1 aliphatic carbocycles. The van der Waals surface area contributed by atoms with Gasteiger partial charge in [0.1, 0.15) is 0 Å². The van der Waals surface area contributed by atoms with E-state index >= 15 is 0 Å². The predicted molar refractivity (Wildman–Crippen MR) is 83.1 cm³/mol. The number of nitrogens with two attached hydrogens (primary N) is 1. The van der Waals surface area contributed by atoms with Gasteiger partial charge in [0.05, 0.1) is 5.75 Å². The lowest BCUT2D eigenvalue weighted by Gasteiger charge is -2.21. The van der Waals surface area contributed by atoms with Crippen LogP contribution in [0.3, 0.4) is 0 Å². The molecule has 0 unspecified atom stereocenters. The van der Waals surface area contributed by atoms with Crippen LogP contribution < -0.4 is 10.5 Å². The van der Waals surface area contributed by atoms with Crippen LogP contribution in [0, 0.1) is 5.92 Å². The van der Waals surface area contributed by atoms with E-state index < -0.39 is 10.0 Å². The lowest BCUT2D eigenvalue weighted by molar-refractivity contribution is 0.384. The van der Waals surface area contributed by atoms with E-state index in [4.69, 9.17) is 17.3 Å². The molecule has 3 N–H and O–H groups in total. The summed E-state index contributed by atoms with van der Waals surface area (Å²) in [6.07, 6.45) is 5.55. The van der Waals surface area contributed by atoms with Crippen LogP contribution in [0.4, 0.5) is 5.69 Å². The third-order valence-corrected chi connectivity index (χ3v) is 5.59. The number of rotatable bonds is 5. The summed E-state index contributed by atoms with van der Waals surface area (Å²) in [4.78, 5) is 0. The largest absolute Gasteiger partial charge is 0.399 e. The minimum atomic E-state index is -3.25. The van der Waals surface area contributed by atoms with Crippen molar-refractivity contribution in [2.24, 2.45) is 5.92 Å². The van der Waals surface area contributed by atoms with Gasteiger partial charge in [-0.15, -0.1) is 0 Å². The maximum atomic E-state index is 12.1. The van der Waals surface area contributed by atoms with Gasteiger partial charge >= 0.3 is 0 Å². The highest BCUT2D eigenvalue weighted by Crippen LogP contribution is 2.25. The van der Waals surface area contributed by atoms with E-state index in [1.54, 1.807) is 18.2 Å². The van der Waals surface area contributed by atoms with E-state index in [-0.39, 0.29) is 12.3 Å². The maximum absolute atomic E-state index is 12.1. The van der Waals surface area contributed by atoms with E-state index in [0.29, 0.717) is 16.6 Å². The standard InChI is InChI=1S/C14H21ClN2O2S/c15-14-8-13(16)7-6-12(14)9-17-20(18,19)10-11-4-2-1-3-5-11/h6-8,11,17H,1-5,9-10,16H2. The number of anilines is 1. The van der Waals surface area contributed by atoms with Gasteiger partial charge in [0.25, 0.3) is 0 Å². The van der Waals surface area contributed by atoms with Crippen LogP contribution in [0.1, 0.15) is 37.7 Å². The molecule has 0 atom stereocenters. The molecule has 4 nitrogen and oxygen atoms in total. The third-order valence-electron chi connectivity index (χ3n) is 3.74. The molecule has 6 heteroatoms. The minimum absolute atomic E-state index is 0.216. The van der Waals surface area contributed by atoms with E-state index in [0.717, 1.165) is 31.2 Å². The van der Waals surface area contributed by atoms with Gasteiger partial charge in [0.15, 0.2) is 0 Å². The number of halogens is 1. The molecule has 0 amide bonds. The lowest BCUT2D eigenvalue weighted by atomic mass is 9.91. The van der Waals surface area contributed by atoms with Gasteiger partial charge in [0, 0.05) is 17.3 Å². The molecule has 0 aromatic heterocycles. The second-order valence-corrected chi connectivity index (χ2v) is 7.72. The number of sulfonamides is 1. The number of hydrogen-bond acceptors (Lipinski definition) is 3. The first-order valence-electron chi connectivity index (χ1n) is 6.97. The molecule has 0 radical (unpaired) electrons. The highest BCUT2D eigenvalue weighted by atomic mass is 35.5. The third kappa shape index (κ3) is 4.65. The van der Waals surface area contributed by atoms with Crippen LogP contribution in [-0.2, 0) is 16.6 Å². The summed E-state index contributed by atoms with van der Waals surface area (Å²) in [5.74, 6) is 0.516. The fourth-order valence-corrected chi connectivity index (χ4v) is 4.32. The molecule has 0 bridgehead atoms. The van der Waals surface area contributed by atoms with Crippen molar-refractivity contribution in [1.29, 1.82) is 0 Å². The number of nitrogen functional groups attached to an aromatic ring is 1. The summed E-state index contributed by atoms with van der Waals surface area (Å²) in [6.45, 7) is 0.216. The normalized spacial score (nSPS) is 17.2. The number of nitrogens with one attached hydrogen (secondary N) is 1. The summed E-state index contributed by atoms with van der Waals surface area (Å²) in [5.41, 5.74) is 6.93. The average molecular weight is 317 g/mol. The van der Waals surface area contributed by atoms with E-state index in [9.17, 15) is 8.42 Å². The van der Waals surface area contributed by atoms with Crippen LogP contribution in [0.5, 0.6) is 0 Å². The molecule has 0 heterocycles. The van der Waals surface area contributed by atoms with Crippen molar-refractivity contribution in [3.63, 3.8) is 0 Å². The Kier molecular flexibility index (Phi) is 5.29. The monoisotopic (exact) mass is 316 g/mol. The van der Waals surface area contributed by atoms with Crippen molar-refractivity contribution in [1.82, 2.24) is 4.72 Å². The van der Waals surface area contributed by atoms with E-state index in [1.165, 1.54) is 6.42 Å². The first-order chi connectivity index (χ1) is 9.46. The topological polar surface area (TPSA) is 72.2 Å². The first-order valence-corrected chi connectivity index (χ1v) is 9.00. The fourth-order valence-electron chi connectivity index (χ4n) is 2.62. The van der Waals surface area contributed by atoms with Gasteiger partial charge in [-0.3, -0.25) is 0 Å². The summed E-state index contributed by atoms with van der Waals surface area (Å²) in [7, 11) is -3.25. The van der Waals surface area contributed by atoms with Gasteiger partial charge in [-0.05, 0) is 36.5 Å². The zero-order valence-corrected chi connectivity index (χ0v) is 13.0. The zero-order valence-electron chi connectivity index (χ0n) is 11.4. The molecule has 112 valence electrons. The quantitative estimate of drug-likeness (QED) is 0.820. The Morgan fingerprint density at radius 2 is 1.95 bits per heavy atom. The zero-order chi connectivity index (χ0) is 14.6. The SMILES string of the molecule is Nc1ccc(CNS(=O)(=O)CC2CCCCC2)c(Cl)c1. The highest BCUT2D eigenvalue weighted by Gasteiger charge is 2.21. The van der Waals surface area contributed by atoms with Crippen LogP contribution in [0.2, 0.25) is 5.02 Å². The molecule has 1 saturated carbocycles. The summed E-state index contributed by atoms with van der Waals surface area (Å²) in [5, 5.41) is 0.491. The van der Waals surface area contributed by atoms with Crippen LogP contribution in [-0.4, -0.2) is 14.2 Å². The van der Waals surface area contributed by atoms with Crippen LogP contribution in [0.25, 0.3) is 0 Å². The molecule has 0 saturated heterocycles. The molecule has 1 aromatic carbocycles. The molecular formula is C14H21ClN2O2S. The van der Waals surface area contributed by atoms with Crippen molar-refractivity contribution in [2.75, 3.05) is 11.5 Å². The lowest BCUT2D eigenvalue weighted by Crippen LogP contribution is -2.30. The maximum Gasteiger partial charge on any atom is 0.212 e. The Hall–Kier alpha value is -0.780. The van der Waals surface area contributed by atoms with Crippen molar-refractivity contribution in [3.8, 4) is 0 Å². The predicted octanol–water partition coefficient (Wildman–Crippen LogP) is 2.92. The van der Waals surface area contributed by atoms with Gasteiger partial charge < -0.3 is 5.73 Å². The highest BCUT2D eigenvalue weighted by molar-refractivity contribution is 7.89. The summed E-state index contributed by atoms with van der Waals surface area (Å²) < 4.78 is 26.8. The number of hydrogen-bond donors (Lipinski definition) is 2. The Morgan fingerprint density at radius 3 is 2.60 bits per heavy atom. The van der Waals surface area contributed by atoms with Gasteiger partial charge in [0.2, 0.25) is 10.0 Å². The summed E-state index contributed by atoms with van der Waals surface area (Å²) >= 11 is 6.04. The fraction of sp³-hybridized carbons (Fsp3) is 0.571. The van der Waals surface area contributed by atoms with Crippen molar-refractivity contribution in [2.45, 2.75) is 38.6 Å². The van der Waals surface area contributed by atoms with Gasteiger partial charge in [-0.25, -0.2) is 13.1 Å². The molecule has 1 aliphatic rings. The Bertz CT molecular complexity index is 554. The average Bonchev–Trinajstić information content (AvgIpc) is 2.38. The molecular weight excluding hydrogens is 296 g/mol. The molecule has 20 heavy (non-hydrogen) atoms. The smallest absolute Gasteiger partial charge is 0.212 e. The van der Waals surface area contributed by atoms with Crippen molar-refractivity contribution in [3.05, 3.63) is 28.8 Å². The van der Waals surface area contributed by atoms with Crippen LogP contribution >= 0.6 is 11.6 Å².